The molecule has 0 bridgehead atoms. The molecule has 4 rings (SSSR count). The molecule has 1 N–H and O–H groups in total. The molecule has 5 nitrogen and oxygen atoms in total. The minimum Gasteiger partial charge on any atom is -0.484 e. The summed E-state index contributed by atoms with van der Waals surface area (Å²) in [6.45, 7) is 0.0242. The van der Waals surface area contributed by atoms with Crippen LogP contribution in [0.1, 0.15) is 23.2 Å². The molecule has 3 aromatic carbocycles. The third-order valence-corrected chi connectivity index (χ3v) is 4.97. The number of hydrogen-bond donors (Lipinski definition) is 1. The van der Waals surface area contributed by atoms with Gasteiger partial charge in [-0.2, -0.15) is 0 Å². The van der Waals surface area contributed by atoms with Gasteiger partial charge in [0.05, 0.1) is 0 Å². The number of rotatable bonds is 6. The second-order valence-corrected chi connectivity index (χ2v) is 7.63. The molecule has 0 aliphatic heterocycles. The van der Waals surface area contributed by atoms with Gasteiger partial charge in [0.2, 0.25) is 0 Å². The first-order chi connectivity index (χ1) is 14.0. The molecular weight excluding hydrogens is 364 g/mol. The molecule has 0 radical (unpaired) electrons. The summed E-state index contributed by atoms with van der Waals surface area (Å²) in [5.74, 6) is 0.564. The third kappa shape index (κ3) is 4.57. The number of nitrogens with one attached hydrogen (secondary N) is 1. The maximum atomic E-state index is 12.3. The van der Waals surface area contributed by atoms with Crippen LogP contribution in [0.3, 0.4) is 0 Å². The zero-order valence-corrected chi connectivity index (χ0v) is 16.6. The highest BCUT2D eigenvalue weighted by Gasteiger charge is 2.23. The second kappa shape index (κ2) is 7.95. The number of fused-ring (bicyclic) bond motifs is 1. The Morgan fingerprint density at radius 2 is 1.72 bits per heavy atom. The molecule has 2 amide bonds. The van der Waals surface area contributed by atoms with Crippen molar-refractivity contribution >= 4 is 22.6 Å². The van der Waals surface area contributed by atoms with Crippen LogP contribution in [0.4, 0.5) is 0 Å². The molecule has 29 heavy (non-hydrogen) atoms. The van der Waals surface area contributed by atoms with Crippen LogP contribution in [0, 0.1) is 0 Å². The van der Waals surface area contributed by atoms with Crippen LogP contribution < -0.4 is 10.1 Å². The molecule has 1 aliphatic carbocycles. The van der Waals surface area contributed by atoms with E-state index < -0.39 is 0 Å². The topological polar surface area (TPSA) is 58.6 Å². The SMILES string of the molecule is CN(C)C(=O)c1cccc(-c2ccc3ccc(OCC(=O)NC4CC4)cc3c2)c1. The lowest BCUT2D eigenvalue weighted by Crippen LogP contribution is -2.30. The fraction of sp³-hybridized carbons (Fsp3) is 0.250. The molecule has 148 valence electrons. The van der Waals surface area contributed by atoms with E-state index in [1.165, 1.54) is 0 Å². The van der Waals surface area contributed by atoms with Gasteiger partial charge in [0.25, 0.3) is 11.8 Å². The Bertz CT molecular complexity index is 1070. The van der Waals surface area contributed by atoms with Crippen molar-refractivity contribution in [2.24, 2.45) is 0 Å². The lowest BCUT2D eigenvalue weighted by atomic mass is 9.99. The molecule has 1 aliphatic rings. The highest BCUT2D eigenvalue weighted by molar-refractivity contribution is 5.96. The quantitative estimate of drug-likeness (QED) is 0.697. The molecule has 0 heterocycles. The maximum absolute atomic E-state index is 12.3. The van der Waals surface area contributed by atoms with Crippen molar-refractivity contribution < 1.29 is 14.3 Å². The summed E-state index contributed by atoms with van der Waals surface area (Å²) in [6.07, 6.45) is 2.12. The summed E-state index contributed by atoms with van der Waals surface area (Å²) < 4.78 is 5.66. The number of carbonyl (C=O) groups excluding carboxylic acids is 2. The van der Waals surface area contributed by atoms with Crippen LogP contribution in [-0.2, 0) is 4.79 Å². The normalized spacial score (nSPS) is 13.2. The molecule has 0 atom stereocenters. The lowest BCUT2D eigenvalue weighted by Gasteiger charge is -2.12. The summed E-state index contributed by atoms with van der Waals surface area (Å²) in [4.78, 5) is 25.7. The Balaban J connectivity index is 1.55. The van der Waals surface area contributed by atoms with E-state index in [-0.39, 0.29) is 18.4 Å². The van der Waals surface area contributed by atoms with Crippen molar-refractivity contribution in [1.29, 1.82) is 0 Å². The Labute approximate surface area is 170 Å². The van der Waals surface area contributed by atoms with Gasteiger partial charge in [-0.1, -0.05) is 30.3 Å². The number of carbonyl (C=O) groups is 2. The van der Waals surface area contributed by atoms with E-state index in [0.29, 0.717) is 17.4 Å². The fourth-order valence-corrected chi connectivity index (χ4v) is 3.23. The lowest BCUT2D eigenvalue weighted by molar-refractivity contribution is -0.123. The third-order valence-electron chi connectivity index (χ3n) is 4.97. The largest absolute Gasteiger partial charge is 0.484 e. The molecule has 1 saturated carbocycles. The number of amides is 2. The van der Waals surface area contributed by atoms with Gasteiger partial charge in [-0.3, -0.25) is 9.59 Å². The minimum atomic E-state index is -0.0799. The molecular formula is C24H24N2O3. The van der Waals surface area contributed by atoms with Crippen LogP contribution in [0.15, 0.2) is 60.7 Å². The van der Waals surface area contributed by atoms with Gasteiger partial charge < -0.3 is 15.0 Å². The van der Waals surface area contributed by atoms with Crippen LogP contribution >= 0.6 is 0 Å². The van der Waals surface area contributed by atoms with Crippen LogP contribution in [-0.4, -0.2) is 43.5 Å². The molecule has 0 spiro atoms. The Morgan fingerprint density at radius 1 is 0.966 bits per heavy atom. The standard InChI is InChI=1S/C24H24N2O3/c1-26(2)24(28)19-5-3-4-17(12-19)18-7-6-16-8-11-22(14-20(16)13-18)29-15-23(27)25-21-9-10-21/h3-8,11-14,21H,9-10,15H2,1-2H3,(H,25,27). The average molecular weight is 388 g/mol. The van der Waals surface area contributed by atoms with Gasteiger partial charge in [-0.15, -0.1) is 0 Å². The van der Waals surface area contributed by atoms with E-state index in [4.69, 9.17) is 4.74 Å². The first kappa shape index (κ1) is 19.0. The fourth-order valence-electron chi connectivity index (χ4n) is 3.23. The number of ether oxygens (including phenoxy) is 1. The number of nitrogens with zero attached hydrogens (tertiary/aromatic N) is 1. The van der Waals surface area contributed by atoms with Crippen molar-refractivity contribution in [3.8, 4) is 16.9 Å². The van der Waals surface area contributed by atoms with E-state index in [9.17, 15) is 9.59 Å². The molecule has 5 heteroatoms. The predicted octanol–water partition coefficient (Wildman–Crippen LogP) is 3.87. The van der Waals surface area contributed by atoms with Crippen molar-refractivity contribution in [1.82, 2.24) is 10.2 Å². The molecule has 3 aromatic rings. The van der Waals surface area contributed by atoms with E-state index in [1.54, 1.807) is 19.0 Å². The highest BCUT2D eigenvalue weighted by Crippen LogP contribution is 2.28. The van der Waals surface area contributed by atoms with E-state index in [2.05, 4.69) is 17.4 Å². The summed E-state index contributed by atoms with van der Waals surface area (Å²) in [5, 5.41) is 5.03. The van der Waals surface area contributed by atoms with Gasteiger partial charge in [0, 0.05) is 25.7 Å². The second-order valence-electron chi connectivity index (χ2n) is 7.63. The molecule has 1 fully saturated rings. The van der Waals surface area contributed by atoms with Crippen molar-refractivity contribution in [3.63, 3.8) is 0 Å². The van der Waals surface area contributed by atoms with Gasteiger partial charge in [-0.25, -0.2) is 0 Å². The zero-order chi connectivity index (χ0) is 20.4. The van der Waals surface area contributed by atoms with Gasteiger partial charge >= 0.3 is 0 Å². The summed E-state index contributed by atoms with van der Waals surface area (Å²) in [6, 6.07) is 19.9. The van der Waals surface area contributed by atoms with Crippen LogP contribution in [0.5, 0.6) is 5.75 Å². The molecule has 0 saturated heterocycles. The van der Waals surface area contributed by atoms with Crippen molar-refractivity contribution in [2.45, 2.75) is 18.9 Å². The van der Waals surface area contributed by atoms with E-state index in [0.717, 1.165) is 34.7 Å². The highest BCUT2D eigenvalue weighted by atomic mass is 16.5. The van der Waals surface area contributed by atoms with Gasteiger partial charge in [-0.05, 0) is 65.1 Å². The van der Waals surface area contributed by atoms with E-state index in [1.807, 2.05) is 48.5 Å². The first-order valence-electron chi connectivity index (χ1n) is 9.78. The Hall–Kier alpha value is -3.34. The van der Waals surface area contributed by atoms with Crippen LogP contribution in [0.2, 0.25) is 0 Å². The molecule has 0 aromatic heterocycles. The number of benzene rings is 3. The number of hydrogen-bond acceptors (Lipinski definition) is 3. The predicted molar refractivity (Wildman–Crippen MR) is 114 cm³/mol. The Kier molecular flexibility index (Phi) is 5.21. The smallest absolute Gasteiger partial charge is 0.258 e. The van der Waals surface area contributed by atoms with Gasteiger partial charge in [0.15, 0.2) is 6.61 Å². The van der Waals surface area contributed by atoms with Gasteiger partial charge in [0.1, 0.15) is 5.75 Å². The zero-order valence-electron chi connectivity index (χ0n) is 16.6. The van der Waals surface area contributed by atoms with Crippen LogP contribution in [0.25, 0.3) is 21.9 Å². The molecule has 0 unspecified atom stereocenters. The summed E-state index contributed by atoms with van der Waals surface area (Å²) >= 11 is 0. The Morgan fingerprint density at radius 3 is 2.48 bits per heavy atom. The summed E-state index contributed by atoms with van der Waals surface area (Å²) in [5.41, 5.74) is 2.66. The maximum Gasteiger partial charge on any atom is 0.258 e. The monoisotopic (exact) mass is 388 g/mol. The summed E-state index contributed by atoms with van der Waals surface area (Å²) in [7, 11) is 3.49. The first-order valence-corrected chi connectivity index (χ1v) is 9.78. The van der Waals surface area contributed by atoms with Crippen molar-refractivity contribution in [3.05, 3.63) is 66.2 Å². The average Bonchev–Trinajstić information content (AvgIpc) is 3.55. The minimum absolute atomic E-state index is 0.0206. The van der Waals surface area contributed by atoms with Crippen molar-refractivity contribution in [2.75, 3.05) is 20.7 Å². The van der Waals surface area contributed by atoms with E-state index >= 15 is 0 Å².